The van der Waals surface area contributed by atoms with Crippen LogP contribution in [-0.4, -0.2) is 30.5 Å². The van der Waals surface area contributed by atoms with Crippen LogP contribution in [0.2, 0.25) is 0 Å². The summed E-state index contributed by atoms with van der Waals surface area (Å²) in [6, 6.07) is 8.43. The Morgan fingerprint density at radius 3 is 2.78 bits per heavy atom. The predicted octanol–water partition coefficient (Wildman–Crippen LogP) is 3.46. The smallest absolute Gasteiger partial charge is 0.136 e. The molecule has 2 aromatic rings. The molecule has 0 saturated heterocycles. The van der Waals surface area contributed by atoms with Crippen LogP contribution in [0.25, 0.3) is 10.8 Å². The third-order valence-corrected chi connectivity index (χ3v) is 4.12. The van der Waals surface area contributed by atoms with Gasteiger partial charge in [-0.05, 0) is 19.1 Å². The second-order valence-electron chi connectivity index (χ2n) is 4.30. The van der Waals surface area contributed by atoms with Gasteiger partial charge in [0.2, 0.25) is 0 Å². The lowest BCUT2D eigenvalue weighted by molar-refractivity contribution is 0.420. The van der Waals surface area contributed by atoms with Crippen molar-refractivity contribution < 1.29 is 4.74 Å². The normalized spacial score (nSPS) is 12.4. The topological polar surface area (TPSA) is 25.4 Å². The summed E-state index contributed by atoms with van der Waals surface area (Å²) in [6.07, 6.45) is 1.83. The van der Waals surface area contributed by atoms with Gasteiger partial charge in [0, 0.05) is 35.4 Å². The quantitative estimate of drug-likeness (QED) is 0.809. The Morgan fingerprint density at radius 1 is 1.33 bits per heavy atom. The zero-order valence-electron chi connectivity index (χ0n) is 10.9. The van der Waals surface area contributed by atoms with Crippen LogP contribution in [0.3, 0.4) is 0 Å². The first kappa shape index (κ1) is 13.1. The summed E-state index contributed by atoms with van der Waals surface area (Å²) in [6.45, 7) is 2.16. The molecule has 0 bridgehead atoms. The highest BCUT2D eigenvalue weighted by Gasteiger charge is 2.14. The fourth-order valence-corrected chi connectivity index (χ4v) is 2.37. The molecule has 1 unspecified atom stereocenters. The van der Waals surface area contributed by atoms with E-state index >= 15 is 0 Å². The maximum Gasteiger partial charge on any atom is 0.136 e. The molecule has 0 aliphatic carbocycles. The minimum absolute atomic E-state index is 0.384. The molecule has 4 heteroatoms. The Bertz CT molecular complexity index is 544. The molecule has 0 spiro atoms. The summed E-state index contributed by atoms with van der Waals surface area (Å²) < 4.78 is 5.39. The summed E-state index contributed by atoms with van der Waals surface area (Å²) in [4.78, 5) is 6.68. The highest BCUT2D eigenvalue weighted by molar-refractivity contribution is 9.09. The molecule has 0 amide bonds. The van der Waals surface area contributed by atoms with Gasteiger partial charge in [0.05, 0.1) is 7.11 Å². The van der Waals surface area contributed by atoms with Gasteiger partial charge in [-0.2, -0.15) is 0 Å². The van der Waals surface area contributed by atoms with E-state index in [9.17, 15) is 0 Å². The molecule has 1 aromatic heterocycles. The van der Waals surface area contributed by atoms with Gasteiger partial charge < -0.3 is 9.64 Å². The number of hydrogen-bond donors (Lipinski definition) is 0. The van der Waals surface area contributed by atoms with Gasteiger partial charge in [-0.25, -0.2) is 4.98 Å². The minimum Gasteiger partial charge on any atom is -0.496 e. The molecular formula is C14H17BrN2O. The lowest BCUT2D eigenvalue weighted by atomic mass is 10.1. The summed E-state index contributed by atoms with van der Waals surface area (Å²) in [5.41, 5.74) is 0. The molecule has 0 aliphatic rings. The number of halogens is 1. The number of anilines is 1. The number of aromatic nitrogens is 1. The molecule has 0 N–H and O–H groups in total. The van der Waals surface area contributed by atoms with E-state index in [1.165, 1.54) is 0 Å². The third kappa shape index (κ3) is 2.29. The van der Waals surface area contributed by atoms with E-state index in [0.29, 0.717) is 6.04 Å². The molecule has 0 aliphatic heterocycles. The molecule has 1 atom stereocenters. The van der Waals surface area contributed by atoms with Crippen LogP contribution in [0.15, 0.2) is 30.5 Å². The average Bonchev–Trinajstić information content (AvgIpc) is 2.44. The molecule has 0 saturated carbocycles. The maximum atomic E-state index is 5.39. The first-order chi connectivity index (χ1) is 8.69. The van der Waals surface area contributed by atoms with Crippen molar-refractivity contribution in [3.63, 3.8) is 0 Å². The van der Waals surface area contributed by atoms with Crippen molar-refractivity contribution in [2.45, 2.75) is 13.0 Å². The highest BCUT2D eigenvalue weighted by Crippen LogP contribution is 2.31. The van der Waals surface area contributed by atoms with Crippen LogP contribution in [-0.2, 0) is 0 Å². The summed E-state index contributed by atoms with van der Waals surface area (Å²) >= 11 is 3.51. The lowest BCUT2D eigenvalue weighted by Crippen LogP contribution is -2.30. The van der Waals surface area contributed by atoms with Crippen molar-refractivity contribution in [3.05, 3.63) is 30.5 Å². The van der Waals surface area contributed by atoms with Crippen molar-refractivity contribution in [1.29, 1.82) is 0 Å². The lowest BCUT2D eigenvalue weighted by Gasteiger charge is -2.25. The van der Waals surface area contributed by atoms with Crippen molar-refractivity contribution >= 4 is 32.5 Å². The molecule has 96 valence electrons. The maximum absolute atomic E-state index is 5.39. The van der Waals surface area contributed by atoms with Crippen molar-refractivity contribution in [2.24, 2.45) is 0 Å². The van der Waals surface area contributed by atoms with Crippen LogP contribution in [0.1, 0.15) is 6.92 Å². The van der Waals surface area contributed by atoms with Crippen molar-refractivity contribution in [2.75, 3.05) is 24.4 Å². The van der Waals surface area contributed by atoms with E-state index < -0.39 is 0 Å². The molecular weight excluding hydrogens is 292 g/mol. The van der Waals surface area contributed by atoms with E-state index in [-0.39, 0.29) is 0 Å². The average molecular weight is 309 g/mol. The minimum atomic E-state index is 0.384. The Labute approximate surface area is 116 Å². The largest absolute Gasteiger partial charge is 0.496 e. The van der Waals surface area contributed by atoms with E-state index in [2.05, 4.69) is 45.9 Å². The van der Waals surface area contributed by atoms with E-state index in [1.807, 2.05) is 24.4 Å². The van der Waals surface area contributed by atoms with Gasteiger partial charge in [0.25, 0.3) is 0 Å². The number of alkyl halides is 1. The van der Waals surface area contributed by atoms with E-state index in [0.717, 1.165) is 27.7 Å². The van der Waals surface area contributed by atoms with Gasteiger partial charge >= 0.3 is 0 Å². The van der Waals surface area contributed by atoms with Crippen LogP contribution >= 0.6 is 15.9 Å². The molecule has 0 fully saturated rings. The second kappa shape index (κ2) is 5.57. The standard InChI is InChI=1S/C14H17BrN2O/c1-10(9-15)17(2)14-12-5-4-6-13(18-3)11(12)7-8-16-14/h4-8,10H,9H2,1-3H3. The van der Waals surface area contributed by atoms with E-state index in [4.69, 9.17) is 4.74 Å². The number of methoxy groups -OCH3 is 1. The van der Waals surface area contributed by atoms with Gasteiger partial charge in [-0.1, -0.05) is 28.1 Å². The Kier molecular flexibility index (Phi) is 4.07. The first-order valence-electron chi connectivity index (χ1n) is 5.89. The monoisotopic (exact) mass is 308 g/mol. The second-order valence-corrected chi connectivity index (χ2v) is 4.95. The van der Waals surface area contributed by atoms with Crippen molar-refractivity contribution in [1.82, 2.24) is 4.98 Å². The van der Waals surface area contributed by atoms with E-state index in [1.54, 1.807) is 7.11 Å². The number of rotatable bonds is 4. The number of pyridine rings is 1. The molecule has 1 aromatic carbocycles. The fourth-order valence-electron chi connectivity index (χ4n) is 1.93. The van der Waals surface area contributed by atoms with Gasteiger partial charge in [-0.15, -0.1) is 0 Å². The summed E-state index contributed by atoms with van der Waals surface area (Å²) in [5.74, 6) is 1.87. The zero-order chi connectivity index (χ0) is 13.1. The van der Waals surface area contributed by atoms with Crippen LogP contribution in [0.5, 0.6) is 5.75 Å². The molecule has 3 nitrogen and oxygen atoms in total. The van der Waals surface area contributed by atoms with Crippen LogP contribution in [0.4, 0.5) is 5.82 Å². The number of benzene rings is 1. The predicted molar refractivity (Wildman–Crippen MR) is 80.0 cm³/mol. The Hall–Kier alpha value is -1.29. The molecule has 1 heterocycles. The third-order valence-electron chi connectivity index (χ3n) is 3.18. The SMILES string of the molecule is COc1cccc2c(N(C)C(C)CBr)nccc12. The molecule has 2 rings (SSSR count). The van der Waals surface area contributed by atoms with Gasteiger partial charge in [-0.3, -0.25) is 0 Å². The first-order valence-corrected chi connectivity index (χ1v) is 7.01. The van der Waals surface area contributed by atoms with Gasteiger partial charge in [0.15, 0.2) is 0 Å². The van der Waals surface area contributed by atoms with Crippen molar-refractivity contribution in [3.8, 4) is 5.75 Å². The fraction of sp³-hybridized carbons (Fsp3) is 0.357. The molecule has 0 radical (unpaired) electrons. The van der Waals surface area contributed by atoms with Crippen LogP contribution in [0, 0.1) is 0 Å². The highest BCUT2D eigenvalue weighted by atomic mass is 79.9. The summed E-state index contributed by atoms with van der Waals surface area (Å²) in [7, 11) is 3.76. The summed E-state index contributed by atoms with van der Waals surface area (Å²) in [5, 5.41) is 3.12. The number of ether oxygens (including phenoxy) is 1. The Balaban J connectivity index is 2.58. The van der Waals surface area contributed by atoms with Gasteiger partial charge in [0.1, 0.15) is 11.6 Å². The molecule has 18 heavy (non-hydrogen) atoms. The number of nitrogens with zero attached hydrogens (tertiary/aromatic N) is 2. The number of hydrogen-bond acceptors (Lipinski definition) is 3. The zero-order valence-corrected chi connectivity index (χ0v) is 12.4. The number of fused-ring (bicyclic) bond motifs is 1. The van der Waals surface area contributed by atoms with Crippen LogP contribution < -0.4 is 9.64 Å². The Morgan fingerprint density at radius 2 is 2.11 bits per heavy atom.